The Labute approximate surface area is 142 Å². The van der Waals surface area contributed by atoms with Crippen LogP contribution in [0.15, 0.2) is 15.7 Å². The molecule has 0 spiro atoms. The molecule has 0 bridgehead atoms. The van der Waals surface area contributed by atoms with Crippen LogP contribution in [-0.4, -0.2) is 63.0 Å². The third-order valence-corrected chi connectivity index (χ3v) is 5.71. The van der Waals surface area contributed by atoms with Gasteiger partial charge in [-0.1, -0.05) is 0 Å². The third kappa shape index (κ3) is 3.77. The van der Waals surface area contributed by atoms with E-state index in [1.807, 2.05) is 4.98 Å². The first-order chi connectivity index (χ1) is 11.8. The summed E-state index contributed by atoms with van der Waals surface area (Å²) in [4.78, 5) is 26.0. The highest BCUT2D eigenvalue weighted by atomic mass is 31.2. The molecule has 11 nitrogen and oxygen atoms in total. The fourth-order valence-corrected chi connectivity index (χ4v) is 4.32. The molecule has 2 heterocycles. The van der Waals surface area contributed by atoms with Crippen molar-refractivity contribution in [1.29, 1.82) is 0 Å². The zero-order valence-corrected chi connectivity index (χ0v) is 14.6. The molecule has 1 fully saturated rings. The standard InChI is InChI=1S/C13H21N2O9P/c1-3-22-25(21,23-4-2)9-5-8(17)14-13(20)15(9)12-11(19)10(18)7(6-16)24-12/h5,7,10-12,16,18-19H,3-4,6H2,1-2H3,(H,14,17,20)/t7-,10-,11-,12-/m1/s1. The van der Waals surface area contributed by atoms with Crippen molar-refractivity contribution in [3.05, 3.63) is 26.9 Å². The Hall–Kier alpha value is -1.33. The van der Waals surface area contributed by atoms with Gasteiger partial charge in [-0.05, 0) is 13.8 Å². The van der Waals surface area contributed by atoms with Gasteiger partial charge < -0.3 is 29.1 Å². The topological polar surface area (TPSA) is 160 Å². The van der Waals surface area contributed by atoms with E-state index < -0.39 is 55.4 Å². The van der Waals surface area contributed by atoms with E-state index in [0.29, 0.717) is 4.57 Å². The summed E-state index contributed by atoms with van der Waals surface area (Å²) >= 11 is 0. The van der Waals surface area contributed by atoms with E-state index in [0.717, 1.165) is 6.07 Å². The summed E-state index contributed by atoms with van der Waals surface area (Å²) in [5.74, 6) is 0. The number of hydrogen-bond donors (Lipinski definition) is 4. The fraction of sp³-hybridized carbons (Fsp3) is 0.692. The van der Waals surface area contributed by atoms with Crippen LogP contribution in [0.25, 0.3) is 0 Å². The van der Waals surface area contributed by atoms with Crippen molar-refractivity contribution < 1.29 is 33.7 Å². The average molecular weight is 380 g/mol. The van der Waals surface area contributed by atoms with Gasteiger partial charge in [0.15, 0.2) is 6.23 Å². The summed E-state index contributed by atoms with van der Waals surface area (Å²) in [5, 5.41) is 29.2. The molecule has 1 saturated heterocycles. The summed E-state index contributed by atoms with van der Waals surface area (Å²) in [6.07, 6.45) is -5.76. The minimum absolute atomic E-state index is 0.0335. The van der Waals surface area contributed by atoms with Crippen molar-refractivity contribution in [2.24, 2.45) is 0 Å². The zero-order valence-electron chi connectivity index (χ0n) is 13.7. The molecule has 2 rings (SSSR count). The van der Waals surface area contributed by atoms with Crippen molar-refractivity contribution in [1.82, 2.24) is 9.55 Å². The molecule has 1 aliphatic heterocycles. The van der Waals surface area contributed by atoms with Crippen LogP contribution in [0, 0.1) is 0 Å². The Morgan fingerprint density at radius 3 is 2.32 bits per heavy atom. The van der Waals surface area contributed by atoms with Gasteiger partial charge in [0.05, 0.1) is 19.8 Å². The van der Waals surface area contributed by atoms with Gasteiger partial charge in [-0.25, -0.2) is 4.79 Å². The third-order valence-electron chi connectivity index (χ3n) is 3.61. The number of nitrogens with zero attached hydrogens (tertiary/aromatic N) is 1. The highest BCUT2D eigenvalue weighted by Crippen LogP contribution is 2.47. The van der Waals surface area contributed by atoms with Crippen molar-refractivity contribution >= 4 is 13.0 Å². The second-order valence-corrected chi connectivity index (χ2v) is 7.20. The highest BCUT2D eigenvalue weighted by molar-refractivity contribution is 7.61. The SMILES string of the molecule is CCOP(=O)(OCC)c1cc(=O)[nH]c(=O)n1[C@@H]1O[C@H](CO)[C@@H](O)[C@H]1O. The molecule has 0 unspecified atom stereocenters. The number of aromatic nitrogens is 2. The second kappa shape index (κ2) is 7.92. The van der Waals surface area contributed by atoms with Gasteiger partial charge in [-0.3, -0.25) is 18.9 Å². The molecule has 1 aliphatic rings. The largest absolute Gasteiger partial charge is 0.394 e. The van der Waals surface area contributed by atoms with Crippen LogP contribution in [0.3, 0.4) is 0 Å². The minimum Gasteiger partial charge on any atom is -0.394 e. The van der Waals surface area contributed by atoms with Gasteiger partial charge in [0, 0.05) is 6.07 Å². The molecule has 4 N–H and O–H groups in total. The van der Waals surface area contributed by atoms with E-state index in [4.69, 9.17) is 13.8 Å². The average Bonchev–Trinajstić information content (AvgIpc) is 2.82. The maximum absolute atomic E-state index is 13.0. The van der Waals surface area contributed by atoms with E-state index in [-0.39, 0.29) is 13.2 Å². The Bertz CT molecular complexity index is 751. The molecular weight excluding hydrogens is 359 g/mol. The molecule has 0 radical (unpaired) electrons. The van der Waals surface area contributed by atoms with Crippen molar-refractivity contribution in [3.63, 3.8) is 0 Å². The molecular formula is C13H21N2O9P. The lowest BCUT2D eigenvalue weighted by Crippen LogP contribution is -2.45. The smallest absolute Gasteiger partial charge is 0.378 e. The molecule has 0 amide bonds. The molecule has 142 valence electrons. The quantitative estimate of drug-likeness (QED) is 0.394. The van der Waals surface area contributed by atoms with Crippen molar-refractivity contribution in [3.8, 4) is 0 Å². The van der Waals surface area contributed by atoms with Gasteiger partial charge in [0.1, 0.15) is 23.7 Å². The summed E-state index contributed by atoms with van der Waals surface area (Å²) in [5.41, 5.74) is -2.29. The molecule has 1 aromatic heterocycles. The van der Waals surface area contributed by atoms with Crippen LogP contribution in [0.2, 0.25) is 0 Å². The molecule has 0 aromatic carbocycles. The first-order valence-corrected chi connectivity index (χ1v) is 9.21. The maximum atomic E-state index is 13.0. The number of nitrogens with one attached hydrogen (secondary N) is 1. The van der Waals surface area contributed by atoms with Crippen LogP contribution >= 0.6 is 7.60 Å². The van der Waals surface area contributed by atoms with Gasteiger partial charge in [0.25, 0.3) is 5.56 Å². The first kappa shape index (κ1) is 20.0. The molecule has 0 saturated carbocycles. The van der Waals surface area contributed by atoms with Crippen LogP contribution in [0.4, 0.5) is 0 Å². The predicted octanol–water partition coefficient (Wildman–Crippen LogP) is -1.96. The zero-order chi connectivity index (χ0) is 18.8. The maximum Gasteiger partial charge on any atom is 0.378 e. The van der Waals surface area contributed by atoms with Gasteiger partial charge in [0.2, 0.25) is 0 Å². The van der Waals surface area contributed by atoms with Crippen LogP contribution in [0.5, 0.6) is 0 Å². The van der Waals surface area contributed by atoms with Gasteiger partial charge in [-0.2, -0.15) is 0 Å². The van der Waals surface area contributed by atoms with Gasteiger partial charge in [-0.15, -0.1) is 0 Å². The van der Waals surface area contributed by atoms with Crippen LogP contribution < -0.4 is 16.7 Å². The van der Waals surface area contributed by atoms with Crippen molar-refractivity contribution in [2.45, 2.75) is 38.4 Å². The molecule has 1 aromatic rings. The fourth-order valence-electron chi connectivity index (χ4n) is 2.55. The molecule has 12 heteroatoms. The Kier molecular flexibility index (Phi) is 6.33. The molecule has 4 atom stereocenters. The van der Waals surface area contributed by atoms with E-state index in [1.54, 1.807) is 13.8 Å². The summed E-state index contributed by atoms with van der Waals surface area (Å²) in [6.45, 7) is 2.42. The summed E-state index contributed by atoms with van der Waals surface area (Å²) < 4.78 is 29.3. The lowest BCUT2D eigenvalue weighted by molar-refractivity contribution is -0.0537. The number of H-pyrrole nitrogens is 1. The highest BCUT2D eigenvalue weighted by Gasteiger charge is 2.46. The van der Waals surface area contributed by atoms with Crippen LogP contribution in [0.1, 0.15) is 20.1 Å². The molecule has 25 heavy (non-hydrogen) atoms. The number of aromatic amines is 1. The van der Waals surface area contributed by atoms with Crippen molar-refractivity contribution in [2.75, 3.05) is 19.8 Å². The Morgan fingerprint density at radius 1 is 1.24 bits per heavy atom. The number of ether oxygens (including phenoxy) is 1. The number of aliphatic hydroxyl groups excluding tert-OH is 3. The minimum atomic E-state index is -4.08. The Morgan fingerprint density at radius 2 is 1.84 bits per heavy atom. The normalized spacial score (nSPS) is 26.9. The predicted molar refractivity (Wildman–Crippen MR) is 84.8 cm³/mol. The summed E-state index contributed by atoms with van der Waals surface area (Å²) in [7, 11) is -4.08. The van der Waals surface area contributed by atoms with E-state index in [9.17, 15) is 29.5 Å². The monoisotopic (exact) mass is 380 g/mol. The van der Waals surface area contributed by atoms with E-state index in [1.165, 1.54) is 0 Å². The molecule has 0 aliphatic carbocycles. The number of hydrogen-bond acceptors (Lipinski definition) is 9. The second-order valence-electron chi connectivity index (χ2n) is 5.23. The van der Waals surface area contributed by atoms with E-state index in [2.05, 4.69) is 0 Å². The van der Waals surface area contributed by atoms with E-state index >= 15 is 0 Å². The lowest BCUT2D eigenvalue weighted by atomic mass is 10.1. The van der Waals surface area contributed by atoms with Crippen LogP contribution in [-0.2, 0) is 18.3 Å². The van der Waals surface area contributed by atoms with Gasteiger partial charge >= 0.3 is 13.3 Å². The number of rotatable bonds is 7. The lowest BCUT2D eigenvalue weighted by Gasteiger charge is -2.24. The Balaban J connectivity index is 2.65. The first-order valence-electron chi connectivity index (χ1n) is 7.67. The summed E-state index contributed by atoms with van der Waals surface area (Å²) in [6, 6.07) is 0.849. The number of aliphatic hydroxyl groups is 3.